The van der Waals surface area contributed by atoms with E-state index < -0.39 is 22.8 Å². The Morgan fingerprint density at radius 2 is 2.08 bits per heavy atom. The number of nitrogens with zero attached hydrogens (tertiary/aromatic N) is 1. The third kappa shape index (κ3) is 5.38. The maximum absolute atomic E-state index is 13.7. The smallest absolute Gasteiger partial charge is 0.251 e. The lowest BCUT2D eigenvalue weighted by atomic mass is 10.2. The van der Waals surface area contributed by atoms with Crippen molar-refractivity contribution < 1.29 is 13.6 Å². The number of anilines is 1. The lowest BCUT2D eigenvalue weighted by Gasteiger charge is -2.14. The Kier molecular flexibility index (Phi) is 6.69. The van der Waals surface area contributed by atoms with Crippen LogP contribution in [-0.2, 0) is 11.2 Å². The molecule has 0 bridgehead atoms. The van der Waals surface area contributed by atoms with Crippen LogP contribution in [0.15, 0.2) is 34.2 Å². The van der Waals surface area contributed by atoms with Gasteiger partial charge in [-0.1, -0.05) is 32.0 Å². The van der Waals surface area contributed by atoms with Gasteiger partial charge in [-0.15, -0.1) is 0 Å². The molecule has 2 N–H and O–H groups in total. The number of H-pyrrole nitrogens is 1. The molecule has 0 radical (unpaired) electrons. The first-order valence-electron chi connectivity index (χ1n) is 7.95. The Bertz CT molecular complexity index is 811. The van der Waals surface area contributed by atoms with E-state index in [4.69, 9.17) is 0 Å². The molecule has 0 aliphatic carbocycles. The van der Waals surface area contributed by atoms with Crippen molar-refractivity contribution in [3.63, 3.8) is 0 Å². The summed E-state index contributed by atoms with van der Waals surface area (Å²) in [5.41, 5.74) is 0.293. The molecule has 25 heavy (non-hydrogen) atoms. The summed E-state index contributed by atoms with van der Waals surface area (Å²) >= 11 is 1.10. The van der Waals surface area contributed by atoms with Crippen LogP contribution in [0.5, 0.6) is 0 Å². The number of nitrogens with one attached hydrogen (secondary N) is 2. The molecule has 0 aliphatic heterocycles. The van der Waals surface area contributed by atoms with Crippen molar-refractivity contribution in [2.45, 2.75) is 43.5 Å². The Labute approximate surface area is 148 Å². The second kappa shape index (κ2) is 8.75. The molecule has 2 rings (SSSR count). The van der Waals surface area contributed by atoms with E-state index in [9.17, 15) is 18.4 Å². The predicted molar refractivity (Wildman–Crippen MR) is 93.8 cm³/mol. The number of benzene rings is 1. The number of aromatic nitrogens is 2. The summed E-state index contributed by atoms with van der Waals surface area (Å²) in [4.78, 5) is 31.0. The monoisotopic (exact) mass is 367 g/mol. The quantitative estimate of drug-likeness (QED) is 0.580. The largest absolute Gasteiger partial charge is 0.323 e. The number of amides is 1. The zero-order valence-corrected chi connectivity index (χ0v) is 14.8. The van der Waals surface area contributed by atoms with Gasteiger partial charge in [-0.05, 0) is 25.0 Å². The molecule has 8 heteroatoms. The fraction of sp³-hybridized carbons (Fsp3) is 0.353. The molecule has 0 spiro atoms. The summed E-state index contributed by atoms with van der Waals surface area (Å²) < 4.78 is 26.6. The average Bonchev–Trinajstić information content (AvgIpc) is 2.55. The second-order valence-corrected chi connectivity index (χ2v) is 6.61. The molecule has 1 unspecified atom stereocenters. The lowest BCUT2D eigenvalue weighted by Crippen LogP contribution is -2.26. The number of hydrogen-bond acceptors (Lipinski definition) is 4. The van der Waals surface area contributed by atoms with E-state index in [1.54, 1.807) is 6.92 Å². The van der Waals surface area contributed by atoms with Crippen LogP contribution in [0, 0.1) is 11.6 Å². The fourth-order valence-corrected chi connectivity index (χ4v) is 3.12. The fourth-order valence-electron chi connectivity index (χ4n) is 2.18. The van der Waals surface area contributed by atoms with Gasteiger partial charge in [-0.25, -0.2) is 13.8 Å². The van der Waals surface area contributed by atoms with Gasteiger partial charge < -0.3 is 10.3 Å². The second-order valence-electron chi connectivity index (χ2n) is 5.42. The van der Waals surface area contributed by atoms with Gasteiger partial charge in [0.05, 0.1) is 10.9 Å². The van der Waals surface area contributed by atoms with Gasteiger partial charge in [-0.3, -0.25) is 9.59 Å². The number of thioether (sulfide) groups is 1. The number of rotatable bonds is 7. The van der Waals surface area contributed by atoms with Crippen molar-refractivity contribution in [2.24, 2.45) is 0 Å². The molecule has 5 nitrogen and oxygen atoms in total. The van der Waals surface area contributed by atoms with Crippen molar-refractivity contribution in [2.75, 3.05) is 5.32 Å². The molecule has 1 aromatic carbocycles. The van der Waals surface area contributed by atoms with Gasteiger partial charge in [0.2, 0.25) is 5.91 Å². The van der Waals surface area contributed by atoms with Crippen LogP contribution in [0.4, 0.5) is 14.5 Å². The van der Waals surface area contributed by atoms with Crippen molar-refractivity contribution in [1.29, 1.82) is 0 Å². The lowest BCUT2D eigenvalue weighted by molar-refractivity contribution is -0.115. The molecule has 1 aromatic heterocycles. The van der Waals surface area contributed by atoms with Crippen molar-refractivity contribution >= 4 is 23.4 Å². The van der Waals surface area contributed by atoms with Gasteiger partial charge >= 0.3 is 0 Å². The van der Waals surface area contributed by atoms with Crippen LogP contribution in [0.3, 0.4) is 0 Å². The zero-order valence-electron chi connectivity index (χ0n) is 13.9. The zero-order chi connectivity index (χ0) is 18.4. The van der Waals surface area contributed by atoms with Crippen LogP contribution in [0.1, 0.15) is 32.4 Å². The van der Waals surface area contributed by atoms with E-state index >= 15 is 0 Å². The number of halogens is 2. The first-order chi connectivity index (χ1) is 11.9. The first kappa shape index (κ1) is 19.1. The molecule has 134 valence electrons. The summed E-state index contributed by atoms with van der Waals surface area (Å²) in [6.45, 7) is 3.78. The Balaban J connectivity index is 2.13. The van der Waals surface area contributed by atoms with Gasteiger partial charge in [0, 0.05) is 17.8 Å². The third-order valence-corrected chi connectivity index (χ3v) is 4.63. The summed E-state index contributed by atoms with van der Waals surface area (Å²) in [6.07, 6.45) is 1.96. The van der Waals surface area contributed by atoms with Gasteiger partial charge in [0.1, 0.15) is 11.6 Å². The Morgan fingerprint density at radius 1 is 1.32 bits per heavy atom. The van der Waals surface area contributed by atoms with Crippen LogP contribution in [0.25, 0.3) is 0 Å². The summed E-state index contributed by atoms with van der Waals surface area (Å²) in [5.74, 6) is -2.00. The molecular weight excluding hydrogens is 348 g/mol. The molecule has 2 aromatic rings. The molecule has 0 fully saturated rings. The van der Waals surface area contributed by atoms with Crippen LogP contribution < -0.4 is 10.9 Å². The number of aromatic amines is 1. The van der Waals surface area contributed by atoms with E-state index in [0.717, 1.165) is 24.2 Å². The highest BCUT2D eigenvalue weighted by Gasteiger charge is 2.21. The van der Waals surface area contributed by atoms with Gasteiger partial charge in [0.25, 0.3) is 5.56 Å². The number of carbonyl (C=O) groups is 1. The summed E-state index contributed by atoms with van der Waals surface area (Å²) in [6, 6.07) is 4.38. The first-order valence-corrected chi connectivity index (χ1v) is 8.83. The van der Waals surface area contributed by atoms with E-state index in [1.807, 2.05) is 6.92 Å². The topological polar surface area (TPSA) is 74.8 Å². The molecule has 1 atom stereocenters. The Hall–Kier alpha value is -2.22. The maximum atomic E-state index is 13.7. The van der Waals surface area contributed by atoms with E-state index in [0.29, 0.717) is 29.8 Å². The minimum absolute atomic E-state index is 0.0911. The normalized spacial score (nSPS) is 12.0. The minimum Gasteiger partial charge on any atom is -0.323 e. The SMILES string of the molecule is CCCc1cc(=O)[nH]c(SC(CC)C(=O)Nc2ccc(F)cc2F)n1. The van der Waals surface area contributed by atoms with E-state index in [2.05, 4.69) is 15.3 Å². The molecule has 0 aliphatic rings. The molecule has 0 saturated carbocycles. The Morgan fingerprint density at radius 3 is 2.72 bits per heavy atom. The molecule has 0 saturated heterocycles. The van der Waals surface area contributed by atoms with Crippen molar-refractivity contribution in [3.8, 4) is 0 Å². The van der Waals surface area contributed by atoms with Crippen molar-refractivity contribution in [1.82, 2.24) is 9.97 Å². The molecule has 1 heterocycles. The van der Waals surface area contributed by atoms with Gasteiger partial charge in [-0.2, -0.15) is 0 Å². The number of carbonyl (C=O) groups excluding carboxylic acids is 1. The third-order valence-electron chi connectivity index (χ3n) is 3.39. The maximum Gasteiger partial charge on any atom is 0.251 e. The summed E-state index contributed by atoms with van der Waals surface area (Å²) in [7, 11) is 0. The highest BCUT2D eigenvalue weighted by Crippen LogP contribution is 2.24. The van der Waals surface area contributed by atoms with Crippen LogP contribution in [-0.4, -0.2) is 21.1 Å². The highest BCUT2D eigenvalue weighted by atomic mass is 32.2. The van der Waals surface area contributed by atoms with Gasteiger partial charge in [0.15, 0.2) is 5.16 Å². The summed E-state index contributed by atoms with van der Waals surface area (Å²) in [5, 5.41) is 2.21. The number of hydrogen-bond donors (Lipinski definition) is 2. The van der Waals surface area contributed by atoms with E-state index in [-0.39, 0.29) is 11.2 Å². The predicted octanol–water partition coefficient (Wildman–Crippen LogP) is 3.51. The van der Waals surface area contributed by atoms with Crippen LogP contribution >= 0.6 is 11.8 Å². The van der Waals surface area contributed by atoms with E-state index in [1.165, 1.54) is 12.1 Å². The number of aryl methyl sites for hydroxylation is 1. The standard InChI is InChI=1S/C17H19F2N3O2S/c1-3-5-11-9-15(23)22-17(20-11)25-14(4-2)16(24)21-13-7-6-10(18)8-12(13)19/h6-9,14H,3-5H2,1-2H3,(H,21,24)(H,20,22,23). The minimum atomic E-state index is -0.843. The highest BCUT2D eigenvalue weighted by molar-refractivity contribution is 8.00. The molecule has 1 amide bonds. The van der Waals surface area contributed by atoms with Crippen molar-refractivity contribution in [3.05, 3.63) is 51.9 Å². The molecular formula is C17H19F2N3O2S. The van der Waals surface area contributed by atoms with Crippen LogP contribution in [0.2, 0.25) is 0 Å². The average molecular weight is 367 g/mol.